The minimum Gasteiger partial charge on any atom is -0.309 e. The molecule has 3 unspecified atom stereocenters. The van der Waals surface area contributed by atoms with Gasteiger partial charge < -0.3 is 10.2 Å². The lowest BCUT2D eigenvalue weighted by atomic mass is 9.85. The van der Waals surface area contributed by atoms with Crippen LogP contribution in [0.25, 0.3) is 0 Å². The van der Waals surface area contributed by atoms with Gasteiger partial charge >= 0.3 is 0 Å². The van der Waals surface area contributed by atoms with Crippen LogP contribution in [0.2, 0.25) is 0 Å². The lowest BCUT2D eigenvalue weighted by Gasteiger charge is -2.32. The minimum absolute atomic E-state index is 0.241. The topological polar surface area (TPSA) is 39.1 Å². The highest BCUT2D eigenvalue weighted by Gasteiger charge is 2.26. The summed E-state index contributed by atoms with van der Waals surface area (Å²) in [4.78, 5) is 2.54. The molecule has 96 valence electrons. The van der Waals surface area contributed by atoms with Crippen LogP contribution in [0.1, 0.15) is 45.4 Å². The first kappa shape index (κ1) is 12.9. The largest absolute Gasteiger partial charge is 0.309 e. The van der Waals surface area contributed by atoms with Crippen LogP contribution in [0.3, 0.4) is 0 Å². The van der Waals surface area contributed by atoms with Gasteiger partial charge in [-0.15, -0.1) is 0 Å². The highest BCUT2D eigenvalue weighted by atomic mass is 15.2. The molecule has 2 fully saturated rings. The molecule has 1 saturated heterocycles. The molecule has 3 heteroatoms. The Hall–Kier alpha value is -0.590. The lowest BCUT2D eigenvalue weighted by Crippen LogP contribution is -2.47. The second kappa shape index (κ2) is 6.37. The number of nitrogens with zero attached hydrogens (tertiary/aromatic N) is 2. The van der Waals surface area contributed by atoms with Gasteiger partial charge in [-0.25, -0.2) is 0 Å². The zero-order chi connectivity index (χ0) is 12.1. The van der Waals surface area contributed by atoms with Crippen molar-refractivity contribution in [2.45, 2.75) is 57.5 Å². The molecule has 1 aliphatic carbocycles. The van der Waals surface area contributed by atoms with Gasteiger partial charge in [-0.1, -0.05) is 12.8 Å². The Morgan fingerprint density at radius 2 is 1.94 bits per heavy atom. The molecule has 2 rings (SSSR count). The van der Waals surface area contributed by atoms with Crippen LogP contribution in [0, 0.1) is 17.2 Å². The van der Waals surface area contributed by atoms with E-state index in [4.69, 9.17) is 5.26 Å². The zero-order valence-electron chi connectivity index (χ0n) is 11.0. The third-order valence-corrected chi connectivity index (χ3v) is 4.16. The smallest absolute Gasteiger partial charge is 0.0672 e. The molecule has 0 spiro atoms. The van der Waals surface area contributed by atoms with Crippen molar-refractivity contribution in [2.75, 3.05) is 19.6 Å². The monoisotopic (exact) mass is 235 g/mol. The van der Waals surface area contributed by atoms with Crippen LogP contribution < -0.4 is 5.32 Å². The van der Waals surface area contributed by atoms with E-state index >= 15 is 0 Å². The summed E-state index contributed by atoms with van der Waals surface area (Å²) in [5.41, 5.74) is 0. The van der Waals surface area contributed by atoms with Crippen molar-refractivity contribution in [1.82, 2.24) is 10.2 Å². The number of nitriles is 1. The van der Waals surface area contributed by atoms with Crippen molar-refractivity contribution in [3.63, 3.8) is 0 Å². The van der Waals surface area contributed by atoms with Crippen LogP contribution in [0.5, 0.6) is 0 Å². The summed E-state index contributed by atoms with van der Waals surface area (Å²) in [7, 11) is 0. The molecule has 0 aromatic rings. The van der Waals surface area contributed by atoms with E-state index in [0.717, 1.165) is 13.0 Å². The summed E-state index contributed by atoms with van der Waals surface area (Å²) >= 11 is 0. The summed E-state index contributed by atoms with van der Waals surface area (Å²) in [5.74, 6) is 0.241. The van der Waals surface area contributed by atoms with E-state index in [0.29, 0.717) is 12.1 Å². The summed E-state index contributed by atoms with van der Waals surface area (Å²) in [6, 6.07) is 3.43. The Morgan fingerprint density at radius 3 is 2.65 bits per heavy atom. The van der Waals surface area contributed by atoms with Crippen molar-refractivity contribution < 1.29 is 0 Å². The predicted octanol–water partition coefficient (Wildman–Crippen LogP) is 2.14. The van der Waals surface area contributed by atoms with E-state index < -0.39 is 0 Å². The molecule has 1 saturated carbocycles. The third-order valence-electron chi connectivity index (χ3n) is 4.16. The Labute approximate surface area is 105 Å². The van der Waals surface area contributed by atoms with E-state index in [1.807, 2.05) is 0 Å². The van der Waals surface area contributed by atoms with E-state index in [1.54, 1.807) is 0 Å². The molecule has 1 N–H and O–H groups in total. The predicted molar refractivity (Wildman–Crippen MR) is 69.6 cm³/mol. The standard InChI is InChI=1S/C14H25N3/c1-12(11-17-8-4-5-9-17)16-14-7-3-2-6-13(14)10-15/h12-14,16H,2-9,11H2,1H3. The van der Waals surface area contributed by atoms with E-state index in [2.05, 4.69) is 23.2 Å². The van der Waals surface area contributed by atoms with Crippen LogP contribution in [0.15, 0.2) is 0 Å². The van der Waals surface area contributed by atoms with Crippen molar-refractivity contribution in [1.29, 1.82) is 5.26 Å². The summed E-state index contributed by atoms with van der Waals surface area (Å²) in [6.45, 7) is 5.94. The average molecular weight is 235 g/mol. The van der Waals surface area contributed by atoms with E-state index in [1.165, 1.54) is 45.2 Å². The normalized spacial score (nSPS) is 32.2. The maximum atomic E-state index is 9.16. The maximum Gasteiger partial charge on any atom is 0.0672 e. The van der Waals surface area contributed by atoms with Gasteiger partial charge in [0.05, 0.1) is 12.0 Å². The number of rotatable bonds is 4. The fourth-order valence-corrected chi connectivity index (χ4v) is 3.26. The molecule has 0 aromatic carbocycles. The summed E-state index contributed by atoms with van der Waals surface area (Å²) in [5, 5.41) is 12.8. The lowest BCUT2D eigenvalue weighted by molar-refractivity contribution is 0.245. The van der Waals surface area contributed by atoms with Crippen LogP contribution >= 0.6 is 0 Å². The molecule has 2 aliphatic rings. The Morgan fingerprint density at radius 1 is 1.24 bits per heavy atom. The van der Waals surface area contributed by atoms with Gasteiger partial charge in [0.15, 0.2) is 0 Å². The highest BCUT2D eigenvalue weighted by Crippen LogP contribution is 2.24. The number of hydrogen-bond donors (Lipinski definition) is 1. The first-order valence-corrected chi connectivity index (χ1v) is 7.17. The van der Waals surface area contributed by atoms with Crippen molar-refractivity contribution >= 4 is 0 Å². The van der Waals surface area contributed by atoms with Gasteiger partial charge in [-0.05, 0) is 45.7 Å². The first-order chi connectivity index (χ1) is 8.29. The quantitative estimate of drug-likeness (QED) is 0.811. The van der Waals surface area contributed by atoms with Crippen LogP contribution in [-0.2, 0) is 0 Å². The van der Waals surface area contributed by atoms with Gasteiger partial charge in [0.2, 0.25) is 0 Å². The van der Waals surface area contributed by atoms with E-state index in [-0.39, 0.29) is 5.92 Å². The van der Waals surface area contributed by atoms with Gasteiger partial charge in [0.1, 0.15) is 0 Å². The summed E-state index contributed by atoms with van der Waals surface area (Å²) in [6.07, 6.45) is 7.50. The van der Waals surface area contributed by atoms with Crippen molar-refractivity contribution in [2.24, 2.45) is 5.92 Å². The molecule has 3 atom stereocenters. The molecular formula is C14H25N3. The number of hydrogen-bond acceptors (Lipinski definition) is 3. The summed E-state index contributed by atoms with van der Waals surface area (Å²) < 4.78 is 0. The molecule has 0 bridgehead atoms. The Bertz CT molecular complexity index is 265. The zero-order valence-corrected chi connectivity index (χ0v) is 11.0. The fourth-order valence-electron chi connectivity index (χ4n) is 3.26. The molecule has 0 amide bonds. The third kappa shape index (κ3) is 3.69. The van der Waals surface area contributed by atoms with Crippen LogP contribution in [-0.4, -0.2) is 36.6 Å². The molecule has 0 aromatic heterocycles. The van der Waals surface area contributed by atoms with Gasteiger partial charge in [0, 0.05) is 18.6 Å². The molecule has 1 heterocycles. The van der Waals surface area contributed by atoms with Gasteiger partial charge in [-0.3, -0.25) is 0 Å². The van der Waals surface area contributed by atoms with Gasteiger partial charge in [0.25, 0.3) is 0 Å². The SMILES string of the molecule is CC(CN1CCCC1)NC1CCCCC1C#N. The Balaban J connectivity index is 1.76. The van der Waals surface area contributed by atoms with Crippen molar-refractivity contribution in [3.05, 3.63) is 0 Å². The highest BCUT2D eigenvalue weighted by molar-refractivity contribution is 4.95. The fraction of sp³-hybridized carbons (Fsp3) is 0.929. The molecular weight excluding hydrogens is 210 g/mol. The molecule has 0 radical (unpaired) electrons. The Kier molecular flexibility index (Phi) is 4.82. The molecule has 17 heavy (non-hydrogen) atoms. The number of nitrogens with one attached hydrogen (secondary N) is 1. The molecule has 1 aliphatic heterocycles. The minimum atomic E-state index is 0.241. The van der Waals surface area contributed by atoms with Crippen LogP contribution in [0.4, 0.5) is 0 Å². The number of likely N-dealkylation sites (tertiary alicyclic amines) is 1. The van der Waals surface area contributed by atoms with Gasteiger partial charge in [-0.2, -0.15) is 5.26 Å². The maximum absolute atomic E-state index is 9.16. The average Bonchev–Trinajstić information content (AvgIpc) is 2.82. The second-order valence-corrected chi connectivity index (χ2v) is 5.70. The van der Waals surface area contributed by atoms with E-state index in [9.17, 15) is 0 Å². The van der Waals surface area contributed by atoms with Crippen molar-refractivity contribution in [3.8, 4) is 6.07 Å². The molecule has 3 nitrogen and oxygen atoms in total. The first-order valence-electron chi connectivity index (χ1n) is 7.17. The second-order valence-electron chi connectivity index (χ2n) is 5.70.